The van der Waals surface area contributed by atoms with E-state index in [0.717, 1.165) is 12.3 Å². The number of nitrogens with zero attached hydrogens (tertiary/aromatic N) is 4. The van der Waals surface area contributed by atoms with Gasteiger partial charge in [-0.05, 0) is 43.3 Å². The third-order valence-electron chi connectivity index (χ3n) is 6.28. The van der Waals surface area contributed by atoms with Gasteiger partial charge in [0.15, 0.2) is 5.01 Å². The van der Waals surface area contributed by atoms with E-state index in [-0.39, 0.29) is 17.9 Å². The summed E-state index contributed by atoms with van der Waals surface area (Å²) >= 11 is 1.38. The summed E-state index contributed by atoms with van der Waals surface area (Å²) in [6.45, 7) is 5.77. The molecule has 1 unspecified atom stereocenters. The summed E-state index contributed by atoms with van der Waals surface area (Å²) in [7, 11) is 0. The third-order valence-corrected chi connectivity index (χ3v) is 7.04. The van der Waals surface area contributed by atoms with E-state index >= 15 is 0 Å². The number of carbonyl (C=O) groups excluding carboxylic acids is 2. The topological polar surface area (TPSA) is 66.0 Å². The predicted octanol–water partition coefficient (Wildman–Crippen LogP) is 3.61. The number of benzene rings is 2. The minimum atomic E-state index is 0.0154. The van der Waals surface area contributed by atoms with Gasteiger partial charge in [0.25, 0.3) is 11.8 Å². The van der Waals surface area contributed by atoms with Crippen LogP contribution in [-0.2, 0) is 0 Å². The molecule has 3 heterocycles. The standard InChI is InChI=1S/C25H26N4O3S/c1-18-15-27(25(31)23-26-11-14-33-23)12-13-29(18)20-16-28(17-20)24(30)19-7-9-22(10-8-19)32-21-5-3-2-4-6-21/h2-11,14,18,20H,12-13,15-17H2,1H3. The summed E-state index contributed by atoms with van der Waals surface area (Å²) < 4.78 is 5.81. The fraction of sp³-hybridized carbons (Fsp3) is 0.320. The normalized spacial score (nSPS) is 19.2. The van der Waals surface area contributed by atoms with Gasteiger partial charge in [-0.2, -0.15) is 0 Å². The number of thiazole rings is 1. The van der Waals surface area contributed by atoms with Crippen LogP contribution in [0.5, 0.6) is 11.5 Å². The van der Waals surface area contributed by atoms with Gasteiger partial charge in [-0.3, -0.25) is 14.5 Å². The molecule has 7 nitrogen and oxygen atoms in total. The van der Waals surface area contributed by atoms with Crippen LogP contribution >= 0.6 is 11.3 Å². The number of piperazine rings is 1. The molecule has 33 heavy (non-hydrogen) atoms. The Morgan fingerprint density at radius 1 is 0.909 bits per heavy atom. The van der Waals surface area contributed by atoms with Crippen molar-refractivity contribution < 1.29 is 14.3 Å². The van der Waals surface area contributed by atoms with E-state index in [2.05, 4.69) is 16.8 Å². The van der Waals surface area contributed by atoms with E-state index in [4.69, 9.17) is 4.74 Å². The average Bonchev–Trinajstić information content (AvgIpc) is 3.35. The molecule has 2 fully saturated rings. The lowest BCUT2D eigenvalue weighted by Gasteiger charge is -2.50. The first-order valence-electron chi connectivity index (χ1n) is 11.2. The summed E-state index contributed by atoms with van der Waals surface area (Å²) in [5.74, 6) is 1.53. The van der Waals surface area contributed by atoms with Gasteiger partial charge < -0.3 is 14.5 Å². The Labute approximate surface area is 197 Å². The molecule has 0 aliphatic carbocycles. The molecule has 1 atom stereocenters. The Bertz CT molecular complexity index is 1100. The Hall–Kier alpha value is -3.23. The summed E-state index contributed by atoms with van der Waals surface area (Å²) in [5, 5.41) is 2.38. The van der Waals surface area contributed by atoms with Gasteiger partial charge >= 0.3 is 0 Å². The molecule has 0 radical (unpaired) electrons. The zero-order valence-electron chi connectivity index (χ0n) is 18.5. The van der Waals surface area contributed by atoms with Crippen LogP contribution < -0.4 is 4.74 Å². The highest BCUT2D eigenvalue weighted by molar-refractivity contribution is 7.11. The lowest BCUT2D eigenvalue weighted by atomic mass is 10.0. The van der Waals surface area contributed by atoms with Gasteiger partial charge in [-0.25, -0.2) is 4.98 Å². The molecular weight excluding hydrogens is 436 g/mol. The van der Waals surface area contributed by atoms with Crippen molar-refractivity contribution in [2.24, 2.45) is 0 Å². The highest BCUT2D eigenvalue weighted by Crippen LogP contribution is 2.25. The Balaban J connectivity index is 1.12. The van der Waals surface area contributed by atoms with Crippen LogP contribution in [0.25, 0.3) is 0 Å². The second-order valence-electron chi connectivity index (χ2n) is 8.48. The monoisotopic (exact) mass is 462 g/mol. The molecule has 3 aromatic rings. The molecule has 0 N–H and O–H groups in total. The number of carbonyl (C=O) groups is 2. The van der Waals surface area contributed by atoms with Crippen molar-refractivity contribution >= 4 is 23.2 Å². The number of hydrogen-bond donors (Lipinski definition) is 0. The molecule has 5 rings (SSSR count). The average molecular weight is 463 g/mol. The number of amides is 2. The highest BCUT2D eigenvalue weighted by Gasteiger charge is 2.39. The predicted molar refractivity (Wildman–Crippen MR) is 127 cm³/mol. The molecule has 2 saturated heterocycles. The molecule has 8 heteroatoms. The quantitative estimate of drug-likeness (QED) is 0.580. The molecule has 0 bridgehead atoms. The Morgan fingerprint density at radius 3 is 2.30 bits per heavy atom. The van der Waals surface area contributed by atoms with Crippen LogP contribution in [0.4, 0.5) is 0 Å². The van der Waals surface area contributed by atoms with Crippen molar-refractivity contribution in [2.45, 2.75) is 19.0 Å². The van der Waals surface area contributed by atoms with Crippen LogP contribution in [0.1, 0.15) is 27.1 Å². The van der Waals surface area contributed by atoms with Crippen molar-refractivity contribution in [3.8, 4) is 11.5 Å². The van der Waals surface area contributed by atoms with E-state index in [1.54, 1.807) is 6.20 Å². The van der Waals surface area contributed by atoms with Gasteiger partial charge in [0, 0.05) is 61.9 Å². The molecule has 0 spiro atoms. The fourth-order valence-corrected chi connectivity index (χ4v) is 5.07. The van der Waals surface area contributed by atoms with Crippen molar-refractivity contribution in [3.05, 3.63) is 76.7 Å². The van der Waals surface area contributed by atoms with Crippen LogP contribution in [0.3, 0.4) is 0 Å². The molecule has 1 aromatic heterocycles. The Kier molecular flexibility index (Phi) is 6.11. The number of hydrogen-bond acceptors (Lipinski definition) is 6. The van der Waals surface area contributed by atoms with Gasteiger partial charge in [0.1, 0.15) is 11.5 Å². The van der Waals surface area contributed by atoms with Crippen LogP contribution in [0.15, 0.2) is 66.2 Å². The molecular formula is C25H26N4O3S. The molecule has 2 aliphatic rings. The summed E-state index contributed by atoms with van der Waals surface area (Å²) in [6.07, 6.45) is 1.67. The SMILES string of the molecule is CC1CN(C(=O)c2nccs2)CCN1C1CN(C(=O)c2ccc(Oc3ccccc3)cc2)C1. The first-order chi connectivity index (χ1) is 16.1. The van der Waals surface area contributed by atoms with Crippen LogP contribution in [0, 0.1) is 0 Å². The van der Waals surface area contributed by atoms with Crippen molar-refractivity contribution in [1.82, 2.24) is 19.7 Å². The van der Waals surface area contributed by atoms with Crippen LogP contribution in [-0.4, -0.2) is 76.3 Å². The highest BCUT2D eigenvalue weighted by atomic mass is 32.1. The van der Waals surface area contributed by atoms with E-state index in [1.165, 1.54) is 11.3 Å². The van der Waals surface area contributed by atoms with E-state index in [9.17, 15) is 9.59 Å². The molecule has 2 amide bonds. The number of aromatic nitrogens is 1. The van der Waals surface area contributed by atoms with Gasteiger partial charge in [0.2, 0.25) is 0 Å². The van der Waals surface area contributed by atoms with E-state index in [1.807, 2.05) is 69.8 Å². The second kappa shape index (κ2) is 9.33. The zero-order chi connectivity index (χ0) is 22.8. The first kappa shape index (κ1) is 21.6. The number of likely N-dealkylation sites (tertiary alicyclic amines) is 1. The summed E-state index contributed by atoms with van der Waals surface area (Å²) in [5.41, 5.74) is 0.667. The molecule has 2 aliphatic heterocycles. The lowest BCUT2D eigenvalue weighted by molar-refractivity contribution is -0.0132. The number of para-hydroxylation sites is 1. The van der Waals surface area contributed by atoms with Gasteiger partial charge in [-0.15, -0.1) is 11.3 Å². The van der Waals surface area contributed by atoms with Gasteiger partial charge in [-0.1, -0.05) is 18.2 Å². The zero-order valence-corrected chi connectivity index (χ0v) is 19.3. The maximum atomic E-state index is 12.9. The maximum Gasteiger partial charge on any atom is 0.282 e. The Morgan fingerprint density at radius 2 is 1.64 bits per heavy atom. The summed E-state index contributed by atoms with van der Waals surface area (Å²) in [4.78, 5) is 35.8. The smallest absolute Gasteiger partial charge is 0.282 e. The molecule has 2 aromatic carbocycles. The third kappa shape index (κ3) is 4.62. The molecule has 0 saturated carbocycles. The van der Waals surface area contributed by atoms with Crippen LogP contribution in [0.2, 0.25) is 0 Å². The van der Waals surface area contributed by atoms with Crippen molar-refractivity contribution in [1.29, 1.82) is 0 Å². The van der Waals surface area contributed by atoms with E-state index < -0.39 is 0 Å². The lowest BCUT2D eigenvalue weighted by Crippen LogP contribution is -2.66. The number of ether oxygens (including phenoxy) is 1. The molecule has 170 valence electrons. The van der Waals surface area contributed by atoms with E-state index in [0.29, 0.717) is 48.5 Å². The largest absolute Gasteiger partial charge is 0.457 e. The minimum absolute atomic E-state index is 0.0154. The first-order valence-corrected chi connectivity index (χ1v) is 12.0. The summed E-state index contributed by atoms with van der Waals surface area (Å²) in [6, 6.07) is 17.5. The maximum absolute atomic E-state index is 12.9. The van der Waals surface area contributed by atoms with Crippen molar-refractivity contribution in [2.75, 3.05) is 32.7 Å². The van der Waals surface area contributed by atoms with Gasteiger partial charge in [0.05, 0.1) is 0 Å². The minimum Gasteiger partial charge on any atom is -0.457 e. The number of rotatable bonds is 5. The van der Waals surface area contributed by atoms with Crippen molar-refractivity contribution in [3.63, 3.8) is 0 Å². The second-order valence-corrected chi connectivity index (χ2v) is 9.37. The fourth-order valence-electron chi connectivity index (χ4n) is 4.47.